The van der Waals surface area contributed by atoms with E-state index >= 15 is 0 Å². The molecular formula is C27H37NO5. The van der Waals surface area contributed by atoms with Crippen LogP contribution < -0.4 is 4.74 Å². The number of hydrogen-bond donors (Lipinski definition) is 1. The van der Waals surface area contributed by atoms with E-state index in [0.29, 0.717) is 25.5 Å². The van der Waals surface area contributed by atoms with E-state index in [4.69, 9.17) is 14.3 Å². The Bertz CT molecular complexity index is 868. The average Bonchev–Trinajstić information content (AvgIpc) is 3.35. The number of carbonyl (C=O) groups excluding carboxylic acids is 1. The number of para-hydroxylation sites is 1. The van der Waals surface area contributed by atoms with Crippen molar-refractivity contribution in [2.24, 2.45) is 5.92 Å². The molecule has 1 N–H and O–H groups in total. The fraction of sp³-hybridized carbons (Fsp3) is 0.556. The number of hydrogen-bond acceptors (Lipinski definition) is 4. The molecule has 6 nitrogen and oxygen atoms in total. The molecule has 1 aromatic carbocycles. The molecule has 1 aromatic heterocycles. The SMILES string of the molecule is CC(C)N(Cc1ccccc1OCCCCCC(=O)O)C(=O)C1CCC(c2ccco2)CC1. The highest BCUT2D eigenvalue weighted by Crippen LogP contribution is 2.37. The van der Waals surface area contributed by atoms with Crippen LogP contribution in [0, 0.1) is 5.92 Å². The number of unbranched alkanes of at least 4 members (excludes halogenated alkanes) is 2. The second-order valence-electron chi connectivity index (χ2n) is 9.28. The Morgan fingerprint density at radius 3 is 2.48 bits per heavy atom. The third kappa shape index (κ3) is 7.37. The molecule has 0 atom stereocenters. The van der Waals surface area contributed by atoms with Crippen molar-refractivity contribution in [2.75, 3.05) is 6.61 Å². The van der Waals surface area contributed by atoms with Crippen LogP contribution >= 0.6 is 0 Å². The molecule has 0 unspecified atom stereocenters. The highest BCUT2D eigenvalue weighted by Gasteiger charge is 2.32. The molecule has 3 rings (SSSR count). The molecule has 1 aliphatic rings. The largest absolute Gasteiger partial charge is 0.493 e. The first-order valence-corrected chi connectivity index (χ1v) is 12.2. The standard InChI is InChI=1S/C27H37NO5/c1-20(2)28(27(31)22-15-13-21(14-16-22)24-11-8-18-33-24)19-23-9-5-6-10-25(23)32-17-7-3-4-12-26(29)30/h5-6,8-11,18,20-22H,3-4,7,12-17,19H2,1-2H3,(H,29,30). The van der Waals surface area contributed by atoms with Crippen molar-refractivity contribution in [3.8, 4) is 5.75 Å². The molecule has 0 spiro atoms. The molecule has 0 aliphatic heterocycles. The Morgan fingerprint density at radius 2 is 1.82 bits per heavy atom. The van der Waals surface area contributed by atoms with Gasteiger partial charge in [0.2, 0.25) is 5.91 Å². The molecule has 2 aromatic rings. The summed E-state index contributed by atoms with van der Waals surface area (Å²) in [6.45, 7) is 5.21. The van der Waals surface area contributed by atoms with Gasteiger partial charge in [-0.1, -0.05) is 18.2 Å². The highest BCUT2D eigenvalue weighted by molar-refractivity contribution is 5.79. The number of furan rings is 1. The maximum absolute atomic E-state index is 13.4. The van der Waals surface area contributed by atoms with Gasteiger partial charge in [0.25, 0.3) is 0 Å². The maximum atomic E-state index is 13.4. The lowest BCUT2D eigenvalue weighted by Gasteiger charge is -2.34. The minimum atomic E-state index is -0.755. The Kier molecular flexibility index (Phi) is 9.40. The van der Waals surface area contributed by atoms with Crippen molar-refractivity contribution < 1.29 is 23.8 Å². The number of rotatable bonds is 12. The van der Waals surface area contributed by atoms with Crippen LogP contribution in [0.15, 0.2) is 47.1 Å². The smallest absolute Gasteiger partial charge is 0.303 e. The van der Waals surface area contributed by atoms with E-state index in [2.05, 4.69) is 13.8 Å². The van der Waals surface area contributed by atoms with Crippen LogP contribution in [0.1, 0.15) is 82.5 Å². The summed E-state index contributed by atoms with van der Waals surface area (Å²) in [5, 5.41) is 8.74. The molecule has 1 amide bonds. The van der Waals surface area contributed by atoms with Crippen LogP contribution in [0.3, 0.4) is 0 Å². The average molecular weight is 456 g/mol. The Labute approximate surface area is 196 Å². The third-order valence-electron chi connectivity index (χ3n) is 6.53. The van der Waals surface area contributed by atoms with Gasteiger partial charge >= 0.3 is 5.97 Å². The quantitative estimate of drug-likeness (QED) is 0.396. The van der Waals surface area contributed by atoms with Crippen LogP contribution in [-0.4, -0.2) is 34.5 Å². The number of nitrogens with zero attached hydrogens (tertiary/aromatic N) is 1. The summed E-state index contributed by atoms with van der Waals surface area (Å²) >= 11 is 0. The summed E-state index contributed by atoms with van der Waals surface area (Å²) in [7, 11) is 0. The third-order valence-corrected chi connectivity index (χ3v) is 6.53. The number of amides is 1. The van der Waals surface area contributed by atoms with Crippen LogP contribution in [0.4, 0.5) is 0 Å². The van der Waals surface area contributed by atoms with Gasteiger partial charge in [-0.3, -0.25) is 9.59 Å². The zero-order valence-electron chi connectivity index (χ0n) is 19.9. The molecule has 1 heterocycles. The van der Waals surface area contributed by atoms with Gasteiger partial charge in [-0.15, -0.1) is 0 Å². The highest BCUT2D eigenvalue weighted by atomic mass is 16.5. The first-order chi connectivity index (χ1) is 16.0. The van der Waals surface area contributed by atoms with Crippen LogP contribution in [0.5, 0.6) is 5.75 Å². The number of benzene rings is 1. The second-order valence-corrected chi connectivity index (χ2v) is 9.28. The van der Waals surface area contributed by atoms with Crippen molar-refractivity contribution in [2.45, 2.75) is 83.7 Å². The lowest BCUT2D eigenvalue weighted by molar-refractivity contribution is -0.139. The second kappa shape index (κ2) is 12.5. The van der Waals surface area contributed by atoms with Crippen molar-refractivity contribution in [3.63, 3.8) is 0 Å². The van der Waals surface area contributed by atoms with Gasteiger partial charge in [0, 0.05) is 36.4 Å². The lowest BCUT2D eigenvalue weighted by Crippen LogP contribution is -2.41. The van der Waals surface area contributed by atoms with Gasteiger partial charge in [0.1, 0.15) is 11.5 Å². The number of carbonyl (C=O) groups is 2. The molecule has 0 radical (unpaired) electrons. The topological polar surface area (TPSA) is 80.0 Å². The van der Waals surface area contributed by atoms with Crippen molar-refractivity contribution in [3.05, 3.63) is 54.0 Å². The van der Waals surface area contributed by atoms with Gasteiger partial charge in [-0.25, -0.2) is 0 Å². The predicted octanol–water partition coefficient (Wildman–Crippen LogP) is 6.01. The van der Waals surface area contributed by atoms with E-state index < -0.39 is 5.97 Å². The first-order valence-electron chi connectivity index (χ1n) is 12.2. The summed E-state index contributed by atoms with van der Waals surface area (Å²) in [6.07, 6.45) is 7.98. The minimum absolute atomic E-state index is 0.0564. The van der Waals surface area contributed by atoms with Gasteiger partial charge in [0.15, 0.2) is 0 Å². The summed E-state index contributed by atoms with van der Waals surface area (Å²) in [6, 6.07) is 12.0. The van der Waals surface area contributed by atoms with E-state index in [-0.39, 0.29) is 24.3 Å². The van der Waals surface area contributed by atoms with Crippen LogP contribution in [-0.2, 0) is 16.1 Å². The molecule has 0 bridgehead atoms. The van der Waals surface area contributed by atoms with E-state index in [1.807, 2.05) is 41.3 Å². The lowest BCUT2D eigenvalue weighted by atomic mass is 9.80. The number of aliphatic carboxylic acids is 1. The molecule has 1 aliphatic carbocycles. The number of carboxylic acid groups (broad SMARTS) is 1. The maximum Gasteiger partial charge on any atom is 0.303 e. The molecule has 6 heteroatoms. The van der Waals surface area contributed by atoms with Gasteiger partial charge in [-0.2, -0.15) is 0 Å². The summed E-state index contributed by atoms with van der Waals surface area (Å²) in [4.78, 5) is 26.1. The monoisotopic (exact) mass is 455 g/mol. The van der Waals surface area contributed by atoms with Crippen LogP contribution in [0.2, 0.25) is 0 Å². The zero-order valence-corrected chi connectivity index (χ0v) is 19.9. The van der Waals surface area contributed by atoms with Crippen molar-refractivity contribution in [1.82, 2.24) is 4.90 Å². The van der Waals surface area contributed by atoms with Gasteiger partial charge < -0.3 is 19.2 Å². The molecule has 1 fully saturated rings. The van der Waals surface area contributed by atoms with Gasteiger partial charge in [-0.05, 0) is 77.0 Å². The van der Waals surface area contributed by atoms with E-state index in [1.165, 1.54) is 0 Å². The molecule has 0 saturated heterocycles. The predicted molar refractivity (Wildman–Crippen MR) is 127 cm³/mol. The summed E-state index contributed by atoms with van der Waals surface area (Å²) in [5.74, 6) is 1.79. The zero-order chi connectivity index (χ0) is 23.6. The fourth-order valence-corrected chi connectivity index (χ4v) is 4.59. The van der Waals surface area contributed by atoms with Crippen LogP contribution in [0.25, 0.3) is 0 Å². The van der Waals surface area contributed by atoms with Gasteiger partial charge in [0.05, 0.1) is 12.9 Å². The fourth-order valence-electron chi connectivity index (χ4n) is 4.59. The first kappa shape index (κ1) is 24.9. The van der Waals surface area contributed by atoms with Crippen molar-refractivity contribution in [1.29, 1.82) is 0 Å². The van der Waals surface area contributed by atoms with Crippen molar-refractivity contribution >= 4 is 11.9 Å². The summed E-state index contributed by atoms with van der Waals surface area (Å²) in [5.41, 5.74) is 1.01. The number of ether oxygens (including phenoxy) is 1. The minimum Gasteiger partial charge on any atom is -0.493 e. The van der Waals surface area contributed by atoms with E-state index in [9.17, 15) is 9.59 Å². The molecule has 180 valence electrons. The van der Waals surface area contributed by atoms with E-state index in [1.54, 1.807) is 6.26 Å². The Hall–Kier alpha value is -2.76. The number of carboxylic acids is 1. The molecular weight excluding hydrogens is 418 g/mol. The normalized spacial score (nSPS) is 18.3. The summed E-state index contributed by atoms with van der Waals surface area (Å²) < 4.78 is 11.6. The Balaban J connectivity index is 1.55. The Morgan fingerprint density at radius 1 is 1.06 bits per heavy atom. The molecule has 33 heavy (non-hydrogen) atoms. The van der Waals surface area contributed by atoms with E-state index in [0.717, 1.165) is 55.6 Å². The molecule has 1 saturated carbocycles.